The highest BCUT2D eigenvalue weighted by Gasteiger charge is 2.17. The van der Waals surface area contributed by atoms with Crippen LogP contribution >= 0.6 is 11.3 Å². The van der Waals surface area contributed by atoms with Gasteiger partial charge in [-0.1, -0.05) is 19.1 Å². The van der Waals surface area contributed by atoms with Gasteiger partial charge in [-0.3, -0.25) is 0 Å². The lowest BCUT2D eigenvalue weighted by atomic mass is 10.3. The van der Waals surface area contributed by atoms with Crippen molar-refractivity contribution in [3.63, 3.8) is 0 Å². The number of nitrogens with zero attached hydrogens (tertiary/aromatic N) is 1. The van der Waals surface area contributed by atoms with Crippen LogP contribution in [0.5, 0.6) is 0 Å². The lowest BCUT2D eigenvalue weighted by Gasteiger charge is -2.11. The average molecular weight is 310 g/mol. The van der Waals surface area contributed by atoms with Crippen molar-refractivity contribution >= 4 is 26.9 Å². The minimum Gasteiger partial charge on any atom is -0.377 e. The van der Waals surface area contributed by atoms with Crippen molar-refractivity contribution in [2.24, 2.45) is 0 Å². The summed E-state index contributed by atoms with van der Waals surface area (Å²) in [5.41, 5.74) is 0.647. The van der Waals surface area contributed by atoms with Gasteiger partial charge in [0.1, 0.15) is 5.01 Å². The monoisotopic (exact) mass is 310 g/mol. The molecule has 1 aromatic heterocycles. The molecule has 0 radical (unpaired) electrons. The summed E-state index contributed by atoms with van der Waals surface area (Å²) in [6.07, 6.45) is 2.43. The van der Waals surface area contributed by atoms with Crippen molar-refractivity contribution in [1.29, 1.82) is 0 Å². The van der Waals surface area contributed by atoms with Crippen LogP contribution in [0.4, 0.5) is 5.69 Å². The molecule has 1 heterocycles. The Labute approximate surface area is 123 Å². The number of benzene rings is 1. The lowest BCUT2D eigenvalue weighted by molar-refractivity contribution is 0.595. The van der Waals surface area contributed by atoms with Crippen LogP contribution in [-0.4, -0.2) is 19.2 Å². The molecule has 0 aliphatic carbocycles. The minimum atomic E-state index is -3.22. The van der Waals surface area contributed by atoms with Crippen LogP contribution < -0.4 is 5.32 Å². The molecule has 108 valence electrons. The molecule has 0 atom stereocenters. The molecule has 2 rings (SSSR count). The second-order valence-corrected chi connectivity index (χ2v) is 7.93. The first-order valence-electron chi connectivity index (χ1n) is 6.50. The molecule has 0 saturated heterocycles. The topological polar surface area (TPSA) is 59.1 Å². The van der Waals surface area contributed by atoms with Gasteiger partial charge < -0.3 is 5.32 Å². The van der Waals surface area contributed by atoms with Crippen molar-refractivity contribution < 1.29 is 8.42 Å². The van der Waals surface area contributed by atoms with Crippen molar-refractivity contribution in [3.05, 3.63) is 40.3 Å². The molecule has 0 amide bonds. The highest BCUT2D eigenvalue weighted by molar-refractivity contribution is 7.91. The predicted molar refractivity (Wildman–Crippen MR) is 83.0 cm³/mol. The van der Waals surface area contributed by atoms with Crippen molar-refractivity contribution in [2.75, 3.05) is 11.1 Å². The molecule has 0 bridgehead atoms. The largest absolute Gasteiger partial charge is 0.377 e. The minimum absolute atomic E-state index is 0.169. The maximum atomic E-state index is 12.2. The number of aryl methyl sites for hydroxylation is 1. The Morgan fingerprint density at radius 1 is 1.30 bits per heavy atom. The number of rotatable bonds is 6. The first kappa shape index (κ1) is 15.0. The number of thiazole rings is 1. The third kappa shape index (κ3) is 3.58. The van der Waals surface area contributed by atoms with E-state index >= 15 is 0 Å². The van der Waals surface area contributed by atoms with Gasteiger partial charge in [-0.15, -0.1) is 11.3 Å². The smallest absolute Gasteiger partial charge is 0.180 e. The van der Waals surface area contributed by atoms with Crippen molar-refractivity contribution in [3.8, 4) is 0 Å². The molecule has 0 fully saturated rings. The molecule has 0 saturated carbocycles. The van der Waals surface area contributed by atoms with Gasteiger partial charge in [-0.25, -0.2) is 13.4 Å². The van der Waals surface area contributed by atoms with E-state index in [-0.39, 0.29) is 5.75 Å². The molecule has 4 nitrogen and oxygen atoms in total. The fourth-order valence-corrected chi connectivity index (χ4v) is 4.16. The molecule has 1 N–H and O–H groups in total. The highest BCUT2D eigenvalue weighted by Crippen LogP contribution is 2.23. The Hall–Kier alpha value is -1.40. The van der Waals surface area contributed by atoms with Crippen LogP contribution in [0.15, 0.2) is 35.4 Å². The van der Waals surface area contributed by atoms with Crippen LogP contribution in [0.1, 0.15) is 23.2 Å². The van der Waals surface area contributed by atoms with Gasteiger partial charge in [0.15, 0.2) is 9.84 Å². The second-order valence-electron chi connectivity index (χ2n) is 4.53. The van der Waals surface area contributed by atoms with Gasteiger partial charge in [0.25, 0.3) is 0 Å². The normalized spacial score (nSPS) is 11.5. The first-order valence-corrected chi connectivity index (χ1v) is 8.97. The second kappa shape index (κ2) is 6.37. The number of hydrogen-bond acceptors (Lipinski definition) is 5. The van der Waals surface area contributed by atoms with Gasteiger partial charge in [0.05, 0.1) is 22.9 Å². The Kier molecular flexibility index (Phi) is 4.77. The van der Waals surface area contributed by atoms with Crippen LogP contribution in [0.2, 0.25) is 0 Å². The molecule has 6 heteroatoms. The molecule has 0 aliphatic rings. The Bertz CT molecular complexity index is 678. The van der Waals surface area contributed by atoms with Gasteiger partial charge >= 0.3 is 0 Å². The van der Waals surface area contributed by atoms with Crippen LogP contribution in [0, 0.1) is 6.92 Å². The van der Waals surface area contributed by atoms with Gasteiger partial charge in [0, 0.05) is 11.1 Å². The molecule has 2 aromatic rings. The number of nitrogens with one attached hydrogen (secondary N) is 1. The molecule has 20 heavy (non-hydrogen) atoms. The zero-order valence-electron chi connectivity index (χ0n) is 11.6. The zero-order valence-corrected chi connectivity index (χ0v) is 13.2. The molecular formula is C14H18N2O2S2. The van der Waals surface area contributed by atoms with E-state index in [1.54, 1.807) is 29.5 Å². The summed E-state index contributed by atoms with van der Waals surface area (Å²) < 4.78 is 24.4. The predicted octanol–water partition coefficient (Wildman–Crippen LogP) is 3.25. The van der Waals surface area contributed by atoms with E-state index in [4.69, 9.17) is 0 Å². The molecular weight excluding hydrogens is 292 g/mol. The molecule has 0 aliphatic heterocycles. The van der Waals surface area contributed by atoms with E-state index in [1.807, 2.05) is 26.1 Å². The van der Waals surface area contributed by atoms with E-state index < -0.39 is 9.84 Å². The molecule has 1 aromatic carbocycles. The SMILES string of the molecule is CCCS(=O)(=O)c1ccccc1NCc1ncc(C)s1. The number of sulfone groups is 1. The summed E-state index contributed by atoms with van der Waals surface area (Å²) in [5, 5.41) is 4.13. The summed E-state index contributed by atoms with van der Waals surface area (Å²) in [6.45, 7) is 4.41. The maximum absolute atomic E-state index is 12.2. The number of para-hydroxylation sites is 1. The standard InChI is InChI=1S/C14H18N2O2S2/c1-3-8-20(17,18)13-7-5-4-6-12(13)15-10-14-16-9-11(2)19-14/h4-7,9,15H,3,8,10H2,1-2H3. The van der Waals surface area contributed by atoms with Gasteiger partial charge in [-0.05, 0) is 25.5 Å². The lowest BCUT2D eigenvalue weighted by Crippen LogP contribution is -2.10. The Balaban J connectivity index is 2.20. The number of aromatic nitrogens is 1. The van der Waals surface area contributed by atoms with E-state index in [9.17, 15) is 8.42 Å². The van der Waals surface area contributed by atoms with Crippen LogP contribution in [0.3, 0.4) is 0 Å². The number of hydrogen-bond donors (Lipinski definition) is 1. The van der Waals surface area contributed by atoms with E-state index in [1.165, 1.54) is 0 Å². The Morgan fingerprint density at radius 3 is 2.70 bits per heavy atom. The van der Waals surface area contributed by atoms with Crippen molar-refractivity contribution in [2.45, 2.75) is 31.7 Å². The van der Waals surface area contributed by atoms with Gasteiger partial charge in [-0.2, -0.15) is 0 Å². The van der Waals surface area contributed by atoms with E-state index in [0.717, 1.165) is 9.88 Å². The van der Waals surface area contributed by atoms with Crippen molar-refractivity contribution in [1.82, 2.24) is 4.98 Å². The first-order chi connectivity index (χ1) is 9.53. The van der Waals surface area contributed by atoms with Gasteiger partial charge in [0.2, 0.25) is 0 Å². The third-order valence-electron chi connectivity index (χ3n) is 2.79. The number of anilines is 1. The van der Waals surface area contributed by atoms with Crippen LogP contribution in [0.25, 0.3) is 0 Å². The van der Waals surface area contributed by atoms with E-state index in [2.05, 4.69) is 10.3 Å². The fourth-order valence-electron chi connectivity index (χ4n) is 1.92. The third-order valence-corrected chi connectivity index (χ3v) is 5.68. The quantitative estimate of drug-likeness (QED) is 0.890. The summed E-state index contributed by atoms with van der Waals surface area (Å²) in [5.74, 6) is 0.169. The Morgan fingerprint density at radius 2 is 2.05 bits per heavy atom. The summed E-state index contributed by atoms with van der Waals surface area (Å²) >= 11 is 1.61. The highest BCUT2D eigenvalue weighted by atomic mass is 32.2. The zero-order chi connectivity index (χ0) is 14.6. The average Bonchev–Trinajstić information content (AvgIpc) is 2.82. The summed E-state index contributed by atoms with van der Waals surface area (Å²) in [4.78, 5) is 5.78. The maximum Gasteiger partial charge on any atom is 0.180 e. The fraction of sp³-hybridized carbons (Fsp3) is 0.357. The molecule has 0 spiro atoms. The van der Waals surface area contributed by atoms with E-state index in [0.29, 0.717) is 23.5 Å². The summed E-state index contributed by atoms with van der Waals surface area (Å²) in [7, 11) is -3.22. The van der Waals surface area contributed by atoms with Crippen LogP contribution in [-0.2, 0) is 16.4 Å². The summed E-state index contributed by atoms with van der Waals surface area (Å²) in [6, 6.07) is 7.03. The molecule has 0 unspecified atom stereocenters.